The molecule has 0 saturated heterocycles. The lowest BCUT2D eigenvalue weighted by Gasteiger charge is -2.23. The smallest absolute Gasteiger partial charge is 0.307 e. The first-order valence-electron chi connectivity index (χ1n) is 7.09. The Bertz CT molecular complexity index is 361. The summed E-state index contributed by atoms with van der Waals surface area (Å²) >= 11 is 1.80. The SMILES string of the molecule is CSC1CCCC1NC(=O)[C@H]1CC(C)C[C@H]1C(=O)O. The highest BCUT2D eigenvalue weighted by Gasteiger charge is 2.42. The van der Waals surface area contributed by atoms with Crippen LogP contribution in [0.1, 0.15) is 39.0 Å². The lowest BCUT2D eigenvalue weighted by molar-refractivity contribution is -0.146. The van der Waals surface area contributed by atoms with E-state index in [0.717, 1.165) is 19.3 Å². The van der Waals surface area contributed by atoms with E-state index in [0.29, 0.717) is 24.0 Å². The van der Waals surface area contributed by atoms with Crippen LogP contribution in [0.3, 0.4) is 0 Å². The fourth-order valence-corrected chi connectivity index (χ4v) is 4.45. The van der Waals surface area contributed by atoms with Crippen molar-refractivity contribution in [1.29, 1.82) is 0 Å². The lowest BCUT2D eigenvalue weighted by atomic mass is 9.95. The topological polar surface area (TPSA) is 66.4 Å². The molecule has 2 fully saturated rings. The van der Waals surface area contributed by atoms with Gasteiger partial charge in [0, 0.05) is 11.3 Å². The molecule has 0 bridgehead atoms. The van der Waals surface area contributed by atoms with Crippen molar-refractivity contribution in [3.63, 3.8) is 0 Å². The minimum Gasteiger partial charge on any atom is -0.481 e. The van der Waals surface area contributed by atoms with Crippen LogP contribution in [-0.4, -0.2) is 34.5 Å². The van der Waals surface area contributed by atoms with Crippen LogP contribution in [-0.2, 0) is 9.59 Å². The van der Waals surface area contributed by atoms with Crippen molar-refractivity contribution < 1.29 is 14.7 Å². The van der Waals surface area contributed by atoms with Crippen molar-refractivity contribution >= 4 is 23.6 Å². The molecule has 4 nitrogen and oxygen atoms in total. The molecule has 2 N–H and O–H groups in total. The summed E-state index contributed by atoms with van der Waals surface area (Å²) in [5.41, 5.74) is 0. The van der Waals surface area contributed by atoms with E-state index in [9.17, 15) is 14.7 Å². The first-order valence-corrected chi connectivity index (χ1v) is 8.37. The second-order valence-electron chi connectivity index (χ2n) is 5.95. The maximum absolute atomic E-state index is 12.3. The number of aliphatic carboxylic acids is 1. The normalized spacial score (nSPS) is 38.3. The van der Waals surface area contributed by atoms with E-state index in [1.165, 1.54) is 0 Å². The van der Waals surface area contributed by atoms with Gasteiger partial charge >= 0.3 is 5.97 Å². The molecule has 1 amide bonds. The third-order valence-corrected chi connectivity index (χ3v) is 5.70. The Hall–Kier alpha value is -0.710. The average Bonchev–Trinajstić information content (AvgIpc) is 2.95. The van der Waals surface area contributed by atoms with Crippen molar-refractivity contribution in [1.82, 2.24) is 5.32 Å². The van der Waals surface area contributed by atoms with Crippen LogP contribution in [0.25, 0.3) is 0 Å². The largest absolute Gasteiger partial charge is 0.481 e. The molecule has 108 valence electrons. The van der Waals surface area contributed by atoms with Gasteiger partial charge in [0.2, 0.25) is 5.91 Å². The molecule has 5 heteroatoms. The molecule has 0 aromatic heterocycles. The number of hydrogen-bond acceptors (Lipinski definition) is 3. The van der Waals surface area contributed by atoms with Gasteiger partial charge in [-0.1, -0.05) is 13.3 Å². The summed E-state index contributed by atoms with van der Waals surface area (Å²) in [6, 6.07) is 0.229. The number of amides is 1. The molecule has 0 aromatic carbocycles. The Labute approximate surface area is 118 Å². The second kappa shape index (κ2) is 6.16. The Kier molecular flexibility index (Phi) is 4.76. The fraction of sp³-hybridized carbons (Fsp3) is 0.857. The first-order chi connectivity index (χ1) is 9.02. The first kappa shape index (κ1) is 14.7. The van der Waals surface area contributed by atoms with E-state index in [-0.39, 0.29) is 17.9 Å². The number of carboxylic acid groups (broad SMARTS) is 1. The highest BCUT2D eigenvalue weighted by molar-refractivity contribution is 7.99. The summed E-state index contributed by atoms with van der Waals surface area (Å²) in [5, 5.41) is 12.8. The molecular weight excluding hydrogens is 262 g/mol. The van der Waals surface area contributed by atoms with E-state index < -0.39 is 11.9 Å². The lowest BCUT2D eigenvalue weighted by Crippen LogP contribution is -2.43. The Morgan fingerprint density at radius 1 is 1.21 bits per heavy atom. The maximum atomic E-state index is 12.3. The van der Waals surface area contributed by atoms with Crippen LogP contribution in [0.15, 0.2) is 0 Å². The van der Waals surface area contributed by atoms with E-state index in [2.05, 4.69) is 11.6 Å². The van der Waals surface area contributed by atoms with E-state index in [4.69, 9.17) is 0 Å². The number of carbonyl (C=O) groups is 2. The molecule has 0 aromatic rings. The quantitative estimate of drug-likeness (QED) is 0.830. The van der Waals surface area contributed by atoms with E-state index >= 15 is 0 Å². The summed E-state index contributed by atoms with van der Waals surface area (Å²) in [7, 11) is 0. The zero-order chi connectivity index (χ0) is 14.0. The summed E-state index contributed by atoms with van der Waals surface area (Å²) in [6.07, 6.45) is 6.74. The van der Waals surface area contributed by atoms with Crippen LogP contribution < -0.4 is 5.32 Å². The van der Waals surface area contributed by atoms with E-state index in [1.54, 1.807) is 11.8 Å². The third kappa shape index (κ3) is 3.25. The molecule has 2 saturated carbocycles. The minimum absolute atomic E-state index is 0.0392. The molecular formula is C14H23NO3S. The summed E-state index contributed by atoms with van der Waals surface area (Å²) < 4.78 is 0. The Balaban J connectivity index is 1.97. The average molecular weight is 285 g/mol. The van der Waals surface area contributed by atoms with Gasteiger partial charge in [0.05, 0.1) is 11.8 Å². The molecule has 2 aliphatic rings. The second-order valence-corrected chi connectivity index (χ2v) is 7.02. The number of carbonyl (C=O) groups excluding carboxylic acids is 1. The summed E-state index contributed by atoms with van der Waals surface area (Å²) in [5.74, 6) is -1.36. The fourth-order valence-electron chi connectivity index (χ4n) is 3.52. The van der Waals surface area contributed by atoms with Gasteiger partial charge in [-0.05, 0) is 37.9 Å². The number of hydrogen-bond donors (Lipinski definition) is 2. The van der Waals surface area contributed by atoms with Crippen molar-refractivity contribution in [2.45, 2.75) is 50.3 Å². The number of rotatable bonds is 4. The third-order valence-electron chi connectivity index (χ3n) is 4.54. The monoisotopic (exact) mass is 285 g/mol. The minimum atomic E-state index is -0.822. The molecule has 2 rings (SSSR count). The van der Waals surface area contributed by atoms with Gasteiger partial charge in [-0.2, -0.15) is 11.8 Å². The van der Waals surface area contributed by atoms with Crippen LogP contribution in [0.2, 0.25) is 0 Å². The predicted molar refractivity (Wildman–Crippen MR) is 76.1 cm³/mol. The van der Waals surface area contributed by atoms with Gasteiger partial charge < -0.3 is 10.4 Å². The molecule has 19 heavy (non-hydrogen) atoms. The standard InChI is InChI=1S/C14H23NO3S/c1-8-6-9(10(7-8)14(17)18)13(16)15-11-4-3-5-12(11)19-2/h8-12H,3-7H2,1-2H3,(H,15,16)(H,17,18)/t8?,9-,10+,11?,12?/m0/s1. The molecule has 2 aliphatic carbocycles. The summed E-state index contributed by atoms with van der Waals surface area (Å²) in [4.78, 5) is 23.6. The molecule has 3 unspecified atom stereocenters. The van der Waals surface area contributed by atoms with Crippen molar-refractivity contribution in [3.05, 3.63) is 0 Å². The molecule has 5 atom stereocenters. The number of thioether (sulfide) groups is 1. The summed E-state index contributed by atoms with van der Waals surface area (Å²) in [6.45, 7) is 2.03. The van der Waals surface area contributed by atoms with Crippen LogP contribution in [0.4, 0.5) is 0 Å². The number of carboxylic acids is 1. The highest BCUT2D eigenvalue weighted by atomic mass is 32.2. The van der Waals surface area contributed by atoms with Gasteiger partial charge in [0.15, 0.2) is 0 Å². The van der Waals surface area contributed by atoms with Crippen LogP contribution >= 0.6 is 11.8 Å². The maximum Gasteiger partial charge on any atom is 0.307 e. The highest BCUT2D eigenvalue weighted by Crippen LogP contribution is 2.37. The van der Waals surface area contributed by atoms with Crippen molar-refractivity contribution in [2.75, 3.05) is 6.26 Å². The number of nitrogens with one attached hydrogen (secondary N) is 1. The van der Waals surface area contributed by atoms with Crippen molar-refractivity contribution in [3.8, 4) is 0 Å². The zero-order valence-corrected chi connectivity index (χ0v) is 12.4. The zero-order valence-electron chi connectivity index (χ0n) is 11.6. The molecule has 0 radical (unpaired) electrons. The predicted octanol–water partition coefficient (Wildman–Crippen LogP) is 2.13. The van der Waals surface area contributed by atoms with Gasteiger partial charge in [-0.3, -0.25) is 9.59 Å². The molecule has 0 spiro atoms. The van der Waals surface area contributed by atoms with Gasteiger partial charge in [0.1, 0.15) is 0 Å². The molecule has 0 heterocycles. The van der Waals surface area contributed by atoms with Gasteiger partial charge in [0.25, 0.3) is 0 Å². The van der Waals surface area contributed by atoms with Crippen molar-refractivity contribution in [2.24, 2.45) is 17.8 Å². The van der Waals surface area contributed by atoms with Gasteiger partial charge in [-0.25, -0.2) is 0 Å². The van der Waals surface area contributed by atoms with E-state index in [1.807, 2.05) is 6.92 Å². The molecule has 0 aliphatic heterocycles. The Morgan fingerprint density at radius 2 is 1.89 bits per heavy atom. The Morgan fingerprint density at radius 3 is 2.53 bits per heavy atom. The van der Waals surface area contributed by atoms with Gasteiger partial charge in [-0.15, -0.1) is 0 Å². The van der Waals surface area contributed by atoms with Crippen LogP contribution in [0.5, 0.6) is 0 Å². The van der Waals surface area contributed by atoms with Crippen LogP contribution in [0, 0.1) is 17.8 Å².